The van der Waals surface area contributed by atoms with Crippen molar-refractivity contribution >= 4 is 5.91 Å². The summed E-state index contributed by atoms with van der Waals surface area (Å²) < 4.78 is 5.56. The van der Waals surface area contributed by atoms with E-state index >= 15 is 0 Å². The molecule has 106 valence electrons. The molecule has 0 unspecified atom stereocenters. The predicted octanol–water partition coefficient (Wildman–Crippen LogP) is 2.39. The van der Waals surface area contributed by atoms with E-state index in [4.69, 9.17) is 10.5 Å². The Balaban J connectivity index is 2.60. The van der Waals surface area contributed by atoms with Gasteiger partial charge in [-0.05, 0) is 33.3 Å². The highest BCUT2D eigenvalue weighted by atomic mass is 16.5. The second-order valence-electron chi connectivity index (χ2n) is 5.40. The number of nitrogens with two attached hydrogens (primary N) is 1. The molecule has 4 heteroatoms. The molecule has 4 nitrogen and oxygen atoms in total. The summed E-state index contributed by atoms with van der Waals surface area (Å²) in [5, 5.41) is 2.93. The Kier molecular flexibility index (Phi) is 5.36. The average Bonchev–Trinajstić information content (AvgIpc) is 2.36. The van der Waals surface area contributed by atoms with Gasteiger partial charge in [-0.15, -0.1) is 0 Å². The highest BCUT2D eigenvalue weighted by Gasteiger charge is 2.18. The maximum Gasteiger partial charge on any atom is 0.258 e. The lowest BCUT2D eigenvalue weighted by atomic mass is 10.0. The Labute approximate surface area is 115 Å². The first-order valence-electron chi connectivity index (χ1n) is 6.64. The first-order chi connectivity index (χ1) is 8.85. The first kappa shape index (κ1) is 15.5. The van der Waals surface area contributed by atoms with Crippen LogP contribution in [0.1, 0.15) is 45.7 Å². The van der Waals surface area contributed by atoms with Gasteiger partial charge in [0.15, 0.2) is 6.61 Å². The smallest absolute Gasteiger partial charge is 0.258 e. The van der Waals surface area contributed by atoms with Crippen molar-refractivity contribution in [1.29, 1.82) is 0 Å². The van der Waals surface area contributed by atoms with Gasteiger partial charge in [0.25, 0.3) is 5.91 Å². The van der Waals surface area contributed by atoms with E-state index in [0.29, 0.717) is 5.75 Å². The number of carbonyl (C=O) groups is 1. The minimum atomic E-state index is -0.207. The fraction of sp³-hybridized carbons (Fsp3) is 0.533. The van der Waals surface area contributed by atoms with E-state index in [-0.39, 0.29) is 24.1 Å². The van der Waals surface area contributed by atoms with Crippen LogP contribution in [0, 0.1) is 0 Å². The monoisotopic (exact) mass is 264 g/mol. The molecule has 1 atom stereocenters. The van der Waals surface area contributed by atoms with Crippen LogP contribution in [-0.2, 0) is 4.79 Å². The normalized spacial score (nSPS) is 12.9. The lowest BCUT2D eigenvalue weighted by molar-refractivity contribution is -0.124. The molecule has 0 spiro atoms. The molecule has 1 aromatic carbocycles. The Morgan fingerprint density at radius 2 is 2.05 bits per heavy atom. The molecule has 0 saturated carbocycles. The number of benzene rings is 1. The van der Waals surface area contributed by atoms with Gasteiger partial charge in [0, 0.05) is 17.1 Å². The molecule has 0 aromatic heterocycles. The van der Waals surface area contributed by atoms with Crippen molar-refractivity contribution in [3.8, 4) is 5.75 Å². The van der Waals surface area contributed by atoms with Crippen molar-refractivity contribution in [2.75, 3.05) is 6.61 Å². The standard InChI is InChI=1S/C15H24N2O2/c1-5-15(3,4)17-14(18)10-19-13-9-7-6-8-12(13)11(2)16/h6-9,11H,5,10,16H2,1-4H3,(H,17,18)/t11-/m1/s1. The molecule has 3 N–H and O–H groups in total. The minimum absolute atomic E-state index is 0.00711. The van der Waals surface area contributed by atoms with Crippen LogP contribution in [-0.4, -0.2) is 18.1 Å². The fourth-order valence-electron chi connectivity index (χ4n) is 1.63. The summed E-state index contributed by atoms with van der Waals surface area (Å²) in [4.78, 5) is 11.8. The molecule has 0 fully saturated rings. The molecule has 1 aromatic rings. The largest absolute Gasteiger partial charge is 0.483 e. The molecular formula is C15H24N2O2. The zero-order chi connectivity index (χ0) is 14.5. The summed E-state index contributed by atoms with van der Waals surface area (Å²) in [5.41, 5.74) is 6.56. The van der Waals surface area contributed by atoms with Crippen LogP contribution in [0.2, 0.25) is 0 Å². The molecule has 1 rings (SSSR count). The van der Waals surface area contributed by atoms with E-state index in [9.17, 15) is 4.79 Å². The van der Waals surface area contributed by atoms with Crippen molar-refractivity contribution < 1.29 is 9.53 Å². The highest BCUT2D eigenvalue weighted by molar-refractivity contribution is 5.78. The predicted molar refractivity (Wildman–Crippen MR) is 77.1 cm³/mol. The zero-order valence-corrected chi connectivity index (χ0v) is 12.2. The Morgan fingerprint density at radius 3 is 2.63 bits per heavy atom. The van der Waals surface area contributed by atoms with Crippen molar-refractivity contribution in [3.05, 3.63) is 29.8 Å². The quantitative estimate of drug-likeness (QED) is 0.829. The van der Waals surface area contributed by atoms with E-state index in [1.807, 2.05) is 52.0 Å². The number of rotatable bonds is 6. The number of para-hydroxylation sites is 1. The third kappa shape index (κ3) is 4.91. The van der Waals surface area contributed by atoms with Gasteiger partial charge < -0.3 is 15.8 Å². The summed E-state index contributed by atoms with van der Waals surface area (Å²) in [6.45, 7) is 7.91. The fourth-order valence-corrected chi connectivity index (χ4v) is 1.63. The van der Waals surface area contributed by atoms with Gasteiger partial charge in [0.2, 0.25) is 0 Å². The van der Waals surface area contributed by atoms with Crippen LogP contribution in [0.5, 0.6) is 5.75 Å². The van der Waals surface area contributed by atoms with Crippen molar-refractivity contribution in [3.63, 3.8) is 0 Å². The summed E-state index contributed by atoms with van der Waals surface area (Å²) in [6.07, 6.45) is 0.870. The topological polar surface area (TPSA) is 64.3 Å². The lowest BCUT2D eigenvalue weighted by Crippen LogP contribution is -2.44. The molecule has 0 radical (unpaired) electrons. The third-order valence-electron chi connectivity index (χ3n) is 3.13. The average molecular weight is 264 g/mol. The Bertz CT molecular complexity index is 428. The van der Waals surface area contributed by atoms with Crippen LogP contribution in [0.3, 0.4) is 0 Å². The van der Waals surface area contributed by atoms with Gasteiger partial charge in [-0.2, -0.15) is 0 Å². The van der Waals surface area contributed by atoms with Crippen molar-refractivity contribution in [2.45, 2.75) is 45.7 Å². The second-order valence-corrected chi connectivity index (χ2v) is 5.40. The lowest BCUT2D eigenvalue weighted by Gasteiger charge is -2.24. The van der Waals surface area contributed by atoms with Crippen LogP contribution >= 0.6 is 0 Å². The molecule has 0 heterocycles. The number of ether oxygens (including phenoxy) is 1. The van der Waals surface area contributed by atoms with Gasteiger partial charge in [-0.1, -0.05) is 25.1 Å². The van der Waals surface area contributed by atoms with Crippen LogP contribution in [0.4, 0.5) is 0 Å². The maximum atomic E-state index is 11.8. The summed E-state index contributed by atoms with van der Waals surface area (Å²) >= 11 is 0. The van der Waals surface area contributed by atoms with Gasteiger partial charge in [0.1, 0.15) is 5.75 Å². The van der Waals surface area contributed by atoms with E-state index in [2.05, 4.69) is 5.32 Å². The molecular weight excluding hydrogens is 240 g/mol. The molecule has 0 aliphatic rings. The summed E-state index contributed by atoms with van der Waals surface area (Å²) in [7, 11) is 0. The van der Waals surface area contributed by atoms with Crippen molar-refractivity contribution in [1.82, 2.24) is 5.32 Å². The van der Waals surface area contributed by atoms with E-state index < -0.39 is 0 Å². The van der Waals surface area contributed by atoms with Gasteiger partial charge in [-0.25, -0.2) is 0 Å². The van der Waals surface area contributed by atoms with Crippen LogP contribution in [0.15, 0.2) is 24.3 Å². The van der Waals surface area contributed by atoms with Gasteiger partial charge in [-0.3, -0.25) is 4.79 Å². The number of amides is 1. The van der Waals surface area contributed by atoms with Crippen LogP contribution < -0.4 is 15.8 Å². The van der Waals surface area contributed by atoms with E-state index in [1.165, 1.54) is 0 Å². The highest BCUT2D eigenvalue weighted by Crippen LogP contribution is 2.23. The first-order valence-corrected chi connectivity index (χ1v) is 6.64. The van der Waals surface area contributed by atoms with Crippen LogP contribution in [0.25, 0.3) is 0 Å². The SMILES string of the molecule is CCC(C)(C)NC(=O)COc1ccccc1[C@@H](C)N. The molecule has 0 aliphatic carbocycles. The summed E-state index contributed by atoms with van der Waals surface area (Å²) in [6, 6.07) is 7.40. The van der Waals surface area contributed by atoms with Crippen molar-refractivity contribution in [2.24, 2.45) is 5.73 Å². The zero-order valence-electron chi connectivity index (χ0n) is 12.2. The number of hydrogen-bond acceptors (Lipinski definition) is 3. The Hall–Kier alpha value is -1.55. The third-order valence-corrected chi connectivity index (χ3v) is 3.13. The molecule has 0 saturated heterocycles. The number of hydrogen-bond donors (Lipinski definition) is 2. The van der Waals surface area contributed by atoms with E-state index in [1.54, 1.807) is 0 Å². The number of nitrogens with one attached hydrogen (secondary N) is 1. The molecule has 19 heavy (non-hydrogen) atoms. The molecule has 0 bridgehead atoms. The van der Waals surface area contributed by atoms with Gasteiger partial charge in [0.05, 0.1) is 0 Å². The summed E-state index contributed by atoms with van der Waals surface area (Å²) in [5.74, 6) is 0.549. The molecule has 1 amide bonds. The minimum Gasteiger partial charge on any atom is -0.483 e. The molecule has 0 aliphatic heterocycles. The maximum absolute atomic E-state index is 11.8. The Morgan fingerprint density at radius 1 is 1.42 bits per heavy atom. The number of carbonyl (C=O) groups excluding carboxylic acids is 1. The van der Waals surface area contributed by atoms with Gasteiger partial charge >= 0.3 is 0 Å². The second kappa shape index (κ2) is 6.57. The van der Waals surface area contributed by atoms with E-state index in [0.717, 1.165) is 12.0 Å².